The minimum atomic E-state index is -5.89. The summed E-state index contributed by atoms with van der Waals surface area (Å²) in [5.41, 5.74) is -3.29. The summed E-state index contributed by atoms with van der Waals surface area (Å²) in [4.78, 5) is 11.3. The van der Waals surface area contributed by atoms with E-state index in [2.05, 4.69) is 14.0 Å². The van der Waals surface area contributed by atoms with Crippen LogP contribution in [0.15, 0.2) is 59.7 Å². The summed E-state index contributed by atoms with van der Waals surface area (Å²) in [6, 6.07) is 13.1. The van der Waals surface area contributed by atoms with E-state index in [1.165, 1.54) is 18.2 Å². The van der Waals surface area contributed by atoms with Gasteiger partial charge in [0, 0.05) is 11.1 Å². The lowest BCUT2D eigenvalue weighted by atomic mass is 10.0. The zero-order valence-electron chi connectivity index (χ0n) is 13.7. The summed E-state index contributed by atoms with van der Waals surface area (Å²) in [5, 5.41) is 3.82. The standard InChI is InChI=1S/C16H13F3N2O5S/c1-25-15(22)21-20-14(11-7-3-2-4-8-11)12-9-5-6-10-13(12)26-27(23,24)16(17,18)19/h2-10H,1H3,(H,21,22). The fourth-order valence-electron chi connectivity index (χ4n) is 1.92. The number of alkyl halides is 3. The fourth-order valence-corrected chi connectivity index (χ4v) is 2.40. The number of hydrogen-bond donors (Lipinski definition) is 1. The first-order chi connectivity index (χ1) is 12.7. The molecule has 0 spiro atoms. The SMILES string of the molecule is COC(=O)NN=C(c1ccccc1)c1ccccc1OS(=O)(=O)C(F)(F)F. The number of methoxy groups -OCH3 is 1. The molecule has 7 nitrogen and oxygen atoms in total. The Balaban J connectivity index is 2.56. The molecule has 0 aromatic heterocycles. The monoisotopic (exact) mass is 402 g/mol. The number of carbonyl (C=O) groups excluding carboxylic acids is 1. The maximum Gasteiger partial charge on any atom is 0.534 e. The molecular weight excluding hydrogens is 389 g/mol. The Labute approximate surface area is 152 Å². The van der Waals surface area contributed by atoms with Crippen LogP contribution in [0.4, 0.5) is 18.0 Å². The lowest BCUT2D eigenvalue weighted by Gasteiger charge is -2.14. The molecule has 2 rings (SSSR count). The molecule has 0 aliphatic carbocycles. The summed E-state index contributed by atoms with van der Waals surface area (Å²) in [6.45, 7) is 0. The Morgan fingerprint density at radius 3 is 2.22 bits per heavy atom. The van der Waals surface area contributed by atoms with Crippen molar-refractivity contribution in [3.8, 4) is 5.75 Å². The molecule has 0 atom stereocenters. The third-order valence-electron chi connectivity index (χ3n) is 3.12. The van der Waals surface area contributed by atoms with Crippen molar-refractivity contribution in [2.75, 3.05) is 7.11 Å². The lowest BCUT2D eigenvalue weighted by molar-refractivity contribution is -0.0500. The van der Waals surface area contributed by atoms with Crippen LogP contribution >= 0.6 is 0 Å². The van der Waals surface area contributed by atoms with E-state index < -0.39 is 27.5 Å². The van der Waals surface area contributed by atoms with Gasteiger partial charge in [-0.1, -0.05) is 42.5 Å². The fraction of sp³-hybridized carbons (Fsp3) is 0.125. The Bertz CT molecular complexity index is 944. The normalized spacial score (nSPS) is 12.4. The molecule has 2 aromatic rings. The van der Waals surface area contributed by atoms with Crippen molar-refractivity contribution in [2.24, 2.45) is 5.10 Å². The molecular formula is C16H13F3N2O5S. The molecule has 0 unspecified atom stereocenters. The lowest BCUT2D eigenvalue weighted by Crippen LogP contribution is -2.29. The van der Waals surface area contributed by atoms with E-state index in [1.807, 2.05) is 5.43 Å². The number of amides is 1. The Hall–Kier alpha value is -3.08. The van der Waals surface area contributed by atoms with Crippen LogP contribution in [0.25, 0.3) is 0 Å². The summed E-state index contributed by atoms with van der Waals surface area (Å²) in [7, 11) is -4.79. The number of benzene rings is 2. The summed E-state index contributed by atoms with van der Waals surface area (Å²) >= 11 is 0. The zero-order chi connectivity index (χ0) is 20.1. The number of ether oxygens (including phenoxy) is 1. The maximum absolute atomic E-state index is 12.7. The molecule has 1 amide bonds. The van der Waals surface area contributed by atoms with Gasteiger partial charge in [-0.3, -0.25) is 0 Å². The van der Waals surface area contributed by atoms with Crippen LogP contribution in [0.3, 0.4) is 0 Å². The topological polar surface area (TPSA) is 94.1 Å². The van der Waals surface area contributed by atoms with Crippen LogP contribution < -0.4 is 9.61 Å². The van der Waals surface area contributed by atoms with Crippen LogP contribution in [-0.4, -0.2) is 32.8 Å². The minimum Gasteiger partial charge on any atom is -0.452 e. The number of carbonyl (C=O) groups is 1. The highest BCUT2D eigenvalue weighted by Gasteiger charge is 2.48. The molecule has 0 aliphatic heterocycles. The third-order valence-corrected chi connectivity index (χ3v) is 4.08. The van der Waals surface area contributed by atoms with Crippen molar-refractivity contribution < 1.29 is 35.3 Å². The number of hydrogen-bond acceptors (Lipinski definition) is 6. The highest BCUT2D eigenvalue weighted by atomic mass is 32.2. The first-order valence-electron chi connectivity index (χ1n) is 7.23. The second-order valence-electron chi connectivity index (χ2n) is 4.91. The number of para-hydroxylation sites is 1. The Kier molecular flexibility index (Phi) is 6.05. The third kappa shape index (κ3) is 4.97. The predicted molar refractivity (Wildman–Crippen MR) is 89.7 cm³/mol. The van der Waals surface area contributed by atoms with Gasteiger partial charge in [-0.2, -0.15) is 26.7 Å². The van der Waals surface area contributed by atoms with Crippen LogP contribution in [-0.2, 0) is 14.9 Å². The number of halogens is 3. The van der Waals surface area contributed by atoms with Crippen LogP contribution in [0.1, 0.15) is 11.1 Å². The zero-order valence-corrected chi connectivity index (χ0v) is 14.5. The van der Waals surface area contributed by atoms with Crippen molar-refractivity contribution >= 4 is 21.9 Å². The Morgan fingerprint density at radius 2 is 1.63 bits per heavy atom. The van der Waals surface area contributed by atoms with Gasteiger partial charge in [0.1, 0.15) is 5.71 Å². The largest absolute Gasteiger partial charge is 0.534 e. The number of hydrazone groups is 1. The van der Waals surface area contributed by atoms with E-state index in [-0.39, 0.29) is 11.3 Å². The number of nitrogens with one attached hydrogen (secondary N) is 1. The maximum atomic E-state index is 12.7. The molecule has 11 heteroatoms. The average Bonchev–Trinajstić information content (AvgIpc) is 2.62. The van der Waals surface area contributed by atoms with Gasteiger partial charge in [0.2, 0.25) is 0 Å². The van der Waals surface area contributed by atoms with Gasteiger partial charge in [-0.05, 0) is 12.1 Å². The highest BCUT2D eigenvalue weighted by Crippen LogP contribution is 2.30. The molecule has 1 N–H and O–H groups in total. The van der Waals surface area contributed by atoms with Crippen LogP contribution in [0.5, 0.6) is 5.75 Å². The van der Waals surface area contributed by atoms with Gasteiger partial charge in [-0.25, -0.2) is 10.2 Å². The first-order valence-corrected chi connectivity index (χ1v) is 8.64. The van der Waals surface area contributed by atoms with Crippen molar-refractivity contribution in [3.05, 3.63) is 65.7 Å². The number of nitrogens with zero attached hydrogens (tertiary/aromatic N) is 1. The first kappa shape index (κ1) is 20.2. The molecule has 0 aliphatic rings. The van der Waals surface area contributed by atoms with Crippen molar-refractivity contribution in [1.29, 1.82) is 0 Å². The van der Waals surface area contributed by atoms with Crippen molar-refractivity contribution in [1.82, 2.24) is 5.43 Å². The van der Waals surface area contributed by atoms with Gasteiger partial charge in [0.25, 0.3) is 0 Å². The smallest absolute Gasteiger partial charge is 0.452 e. The molecule has 0 saturated heterocycles. The Morgan fingerprint density at radius 1 is 1.04 bits per heavy atom. The second-order valence-corrected chi connectivity index (χ2v) is 6.45. The predicted octanol–water partition coefficient (Wildman–Crippen LogP) is 3.02. The van der Waals surface area contributed by atoms with E-state index in [0.29, 0.717) is 5.56 Å². The van der Waals surface area contributed by atoms with Gasteiger partial charge in [-0.15, -0.1) is 0 Å². The average molecular weight is 402 g/mol. The van der Waals surface area contributed by atoms with Gasteiger partial charge in [0.05, 0.1) is 7.11 Å². The molecule has 0 saturated carbocycles. The summed E-state index contributed by atoms with van der Waals surface area (Å²) in [5.74, 6) is -0.607. The van der Waals surface area contributed by atoms with E-state index in [1.54, 1.807) is 30.3 Å². The van der Waals surface area contributed by atoms with Crippen LogP contribution in [0.2, 0.25) is 0 Å². The molecule has 0 bridgehead atoms. The van der Waals surface area contributed by atoms with E-state index in [9.17, 15) is 26.4 Å². The molecule has 2 aromatic carbocycles. The second kappa shape index (κ2) is 8.08. The van der Waals surface area contributed by atoms with Crippen LogP contribution in [0, 0.1) is 0 Å². The quantitative estimate of drug-likeness (QED) is 0.359. The van der Waals surface area contributed by atoms with Gasteiger partial charge < -0.3 is 8.92 Å². The molecule has 0 heterocycles. The molecule has 27 heavy (non-hydrogen) atoms. The minimum absolute atomic E-state index is 0.0334. The van der Waals surface area contributed by atoms with E-state index in [0.717, 1.165) is 13.2 Å². The summed E-state index contributed by atoms with van der Waals surface area (Å²) in [6.07, 6.45) is -0.926. The molecule has 144 valence electrons. The highest BCUT2D eigenvalue weighted by molar-refractivity contribution is 7.88. The molecule has 0 fully saturated rings. The van der Waals surface area contributed by atoms with Gasteiger partial charge in [0.15, 0.2) is 5.75 Å². The van der Waals surface area contributed by atoms with Gasteiger partial charge >= 0.3 is 21.7 Å². The van der Waals surface area contributed by atoms with E-state index >= 15 is 0 Å². The summed E-state index contributed by atoms with van der Waals surface area (Å²) < 4.78 is 69.4. The number of rotatable bonds is 5. The van der Waals surface area contributed by atoms with Crippen molar-refractivity contribution in [2.45, 2.75) is 5.51 Å². The van der Waals surface area contributed by atoms with Crippen molar-refractivity contribution in [3.63, 3.8) is 0 Å². The molecule has 0 radical (unpaired) electrons. The van der Waals surface area contributed by atoms with E-state index in [4.69, 9.17) is 0 Å².